The van der Waals surface area contributed by atoms with Gasteiger partial charge in [-0.1, -0.05) is 0 Å². The van der Waals surface area contributed by atoms with Crippen molar-refractivity contribution in [3.63, 3.8) is 0 Å². The SMILES string of the molecule is CC(=O)Oc1cc(C(=O)Oc2ccc([N+](=O)[O-])c(C(=O)OCC(F)(F)S(=O)(=O)O)c2)ccc1I. The molecule has 0 aliphatic carbocycles. The van der Waals surface area contributed by atoms with Crippen molar-refractivity contribution in [2.45, 2.75) is 12.2 Å². The molecule has 0 saturated carbocycles. The average Bonchev–Trinajstić information content (AvgIpc) is 2.72. The zero-order valence-electron chi connectivity index (χ0n) is 16.7. The van der Waals surface area contributed by atoms with E-state index in [0.29, 0.717) is 9.64 Å². The number of nitrogens with zero attached hydrogens (tertiary/aromatic N) is 1. The van der Waals surface area contributed by atoms with Gasteiger partial charge in [0, 0.05) is 19.1 Å². The Morgan fingerprint density at radius 2 is 1.76 bits per heavy atom. The van der Waals surface area contributed by atoms with Crippen LogP contribution >= 0.6 is 22.6 Å². The lowest BCUT2D eigenvalue weighted by Gasteiger charge is -2.13. The zero-order chi connectivity index (χ0) is 25.8. The minimum atomic E-state index is -5.92. The first kappa shape index (κ1) is 27.0. The highest BCUT2D eigenvalue weighted by atomic mass is 127. The highest BCUT2D eigenvalue weighted by Gasteiger charge is 2.46. The maximum absolute atomic E-state index is 13.3. The van der Waals surface area contributed by atoms with Gasteiger partial charge in [-0.15, -0.1) is 0 Å². The van der Waals surface area contributed by atoms with Gasteiger partial charge in [-0.05, 0) is 46.9 Å². The van der Waals surface area contributed by atoms with Gasteiger partial charge in [0.05, 0.1) is 14.1 Å². The van der Waals surface area contributed by atoms with Crippen molar-refractivity contribution in [1.82, 2.24) is 0 Å². The number of alkyl halides is 2. The Kier molecular flexibility index (Phi) is 8.22. The number of nitro benzene ring substituents is 1. The summed E-state index contributed by atoms with van der Waals surface area (Å²) in [6.45, 7) is -0.988. The Bertz CT molecular complexity index is 1280. The lowest BCUT2D eigenvalue weighted by atomic mass is 10.1. The molecule has 12 nitrogen and oxygen atoms in total. The highest BCUT2D eigenvalue weighted by molar-refractivity contribution is 14.1. The molecule has 0 radical (unpaired) electrons. The van der Waals surface area contributed by atoms with Crippen molar-refractivity contribution >= 4 is 56.3 Å². The third kappa shape index (κ3) is 6.64. The number of carbonyl (C=O) groups is 3. The summed E-state index contributed by atoms with van der Waals surface area (Å²) in [6.07, 6.45) is 0. The molecule has 0 bridgehead atoms. The standard InChI is InChI=1S/C18H12F2INO11S/c1-9(23)32-15-6-10(2-4-13(15)21)16(24)33-11-3-5-14(22(26)27)12(7-11)17(25)31-8-18(19,20)34(28,29)30/h2-7H,8H2,1H3,(H,28,29,30). The molecule has 0 heterocycles. The van der Waals surface area contributed by atoms with Gasteiger partial charge in [0.2, 0.25) is 0 Å². The van der Waals surface area contributed by atoms with Crippen molar-refractivity contribution in [1.29, 1.82) is 0 Å². The van der Waals surface area contributed by atoms with Gasteiger partial charge in [0.15, 0.2) is 6.61 Å². The van der Waals surface area contributed by atoms with Crippen LogP contribution in [0.25, 0.3) is 0 Å². The number of esters is 3. The first-order chi connectivity index (χ1) is 15.6. The van der Waals surface area contributed by atoms with Gasteiger partial charge in [-0.3, -0.25) is 19.5 Å². The number of hydrogen-bond acceptors (Lipinski definition) is 10. The number of halogens is 3. The molecule has 0 atom stereocenters. The van der Waals surface area contributed by atoms with Gasteiger partial charge in [-0.25, -0.2) is 9.59 Å². The van der Waals surface area contributed by atoms with E-state index >= 15 is 0 Å². The van der Waals surface area contributed by atoms with Gasteiger partial charge in [0.25, 0.3) is 5.69 Å². The minimum Gasteiger partial charge on any atom is -0.454 e. The lowest BCUT2D eigenvalue weighted by Crippen LogP contribution is -2.34. The molecule has 0 spiro atoms. The summed E-state index contributed by atoms with van der Waals surface area (Å²) < 4.78 is 70.8. The van der Waals surface area contributed by atoms with Gasteiger partial charge in [0.1, 0.15) is 17.1 Å². The van der Waals surface area contributed by atoms with Crippen LogP contribution in [-0.4, -0.2) is 47.7 Å². The Morgan fingerprint density at radius 3 is 2.32 bits per heavy atom. The summed E-state index contributed by atoms with van der Waals surface area (Å²) in [4.78, 5) is 45.8. The number of carbonyl (C=O) groups excluding carboxylic acids is 3. The number of nitro groups is 1. The summed E-state index contributed by atoms with van der Waals surface area (Å²) in [5.74, 6) is -3.82. The summed E-state index contributed by atoms with van der Waals surface area (Å²) >= 11 is 1.85. The van der Waals surface area contributed by atoms with Crippen molar-refractivity contribution in [3.05, 3.63) is 61.2 Å². The third-order valence-corrected chi connectivity index (χ3v) is 5.53. The molecule has 0 unspecified atom stereocenters. The molecule has 0 aromatic heterocycles. The van der Waals surface area contributed by atoms with Crippen LogP contribution in [-0.2, 0) is 19.6 Å². The van der Waals surface area contributed by atoms with Crippen LogP contribution in [0.4, 0.5) is 14.5 Å². The molecule has 182 valence electrons. The molecule has 0 saturated heterocycles. The van der Waals surface area contributed by atoms with Gasteiger partial charge < -0.3 is 14.2 Å². The van der Waals surface area contributed by atoms with E-state index in [1.165, 1.54) is 18.2 Å². The fraction of sp³-hybridized carbons (Fsp3) is 0.167. The maximum Gasteiger partial charge on any atom is 0.402 e. The topological polar surface area (TPSA) is 176 Å². The molecule has 2 rings (SSSR count). The van der Waals surface area contributed by atoms with Crippen molar-refractivity contribution in [3.8, 4) is 11.5 Å². The Morgan fingerprint density at radius 1 is 1.12 bits per heavy atom. The number of ether oxygens (including phenoxy) is 3. The number of benzene rings is 2. The monoisotopic (exact) mass is 615 g/mol. The summed E-state index contributed by atoms with van der Waals surface area (Å²) in [7, 11) is -5.92. The molecule has 2 aromatic rings. The van der Waals surface area contributed by atoms with E-state index in [9.17, 15) is 41.7 Å². The first-order valence-corrected chi connectivity index (χ1v) is 11.1. The fourth-order valence-electron chi connectivity index (χ4n) is 2.23. The molecule has 34 heavy (non-hydrogen) atoms. The molecule has 1 N–H and O–H groups in total. The third-order valence-electron chi connectivity index (χ3n) is 3.76. The second-order valence-electron chi connectivity index (χ2n) is 6.25. The molecule has 0 aliphatic heterocycles. The van der Waals surface area contributed by atoms with E-state index in [-0.39, 0.29) is 11.3 Å². The first-order valence-electron chi connectivity index (χ1n) is 8.63. The minimum absolute atomic E-state index is 0.0512. The molecule has 0 amide bonds. The van der Waals surface area contributed by atoms with E-state index in [0.717, 1.165) is 19.1 Å². The van der Waals surface area contributed by atoms with Crippen LogP contribution in [0.2, 0.25) is 0 Å². The Hall–Kier alpha value is -3.25. The highest BCUT2D eigenvalue weighted by Crippen LogP contribution is 2.28. The average molecular weight is 615 g/mol. The van der Waals surface area contributed by atoms with Gasteiger partial charge >= 0.3 is 33.3 Å². The Balaban J connectivity index is 2.31. The van der Waals surface area contributed by atoms with Crippen LogP contribution < -0.4 is 9.47 Å². The van der Waals surface area contributed by atoms with E-state index in [1.807, 2.05) is 22.6 Å². The van der Waals surface area contributed by atoms with E-state index in [1.54, 1.807) is 0 Å². The van der Waals surface area contributed by atoms with Crippen molar-refractivity contribution in [2.75, 3.05) is 6.61 Å². The molecule has 2 aromatic carbocycles. The quantitative estimate of drug-likeness (QED) is 0.115. The van der Waals surface area contributed by atoms with Crippen molar-refractivity contribution < 1.29 is 55.3 Å². The lowest BCUT2D eigenvalue weighted by molar-refractivity contribution is -0.385. The molecule has 0 fully saturated rings. The van der Waals surface area contributed by atoms with E-state index in [4.69, 9.17) is 14.0 Å². The maximum atomic E-state index is 13.3. The Labute approximate surface area is 202 Å². The number of hydrogen-bond donors (Lipinski definition) is 1. The fourth-order valence-corrected chi connectivity index (χ4v) is 2.89. The van der Waals surface area contributed by atoms with Crippen LogP contribution in [0.15, 0.2) is 36.4 Å². The summed E-state index contributed by atoms with van der Waals surface area (Å²) in [5.41, 5.74) is -1.97. The molecule has 16 heteroatoms. The predicted molar refractivity (Wildman–Crippen MR) is 115 cm³/mol. The normalized spacial score (nSPS) is 11.4. The van der Waals surface area contributed by atoms with Crippen LogP contribution in [0.3, 0.4) is 0 Å². The zero-order valence-corrected chi connectivity index (χ0v) is 19.7. The summed E-state index contributed by atoms with van der Waals surface area (Å²) in [5, 5.41) is 6.29. The molecular formula is C18H12F2INO11S. The molecule has 0 aliphatic rings. The second kappa shape index (κ2) is 10.3. The number of rotatable bonds is 8. The van der Waals surface area contributed by atoms with Crippen molar-refractivity contribution in [2.24, 2.45) is 0 Å². The van der Waals surface area contributed by atoms with E-state index < -0.39 is 61.8 Å². The largest absolute Gasteiger partial charge is 0.454 e. The van der Waals surface area contributed by atoms with Gasteiger partial charge in [-0.2, -0.15) is 17.2 Å². The van der Waals surface area contributed by atoms with E-state index in [2.05, 4.69) is 4.74 Å². The summed E-state index contributed by atoms with van der Waals surface area (Å²) in [6, 6.07) is 6.23. The second-order valence-corrected chi connectivity index (χ2v) is 8.96. The smallest absolute Gasteiger partial charge is 0.402 e. The van der Waals surface area contributed by atoms with Crippen LogP contribution in [0.1, 0.15) is 27.6 Å². The molecular weight excluding hydrogens is 603 g/mol. The van der Waals surface area contributed by atoms with Crippen LogP contribution in [0, 0.1) is 13.7 Å². The van der Waals surface area contributed by atoms with Crippen LogP contribution in [0.5, 0.6) is 11.5 Å². The predicted octanol–water partition coefficient (Wildman–Crippen LogP) is 2.98.